The second-order valence-electron chi connectivity index (χ2n) is 10.6. The minimum Gasteiger partial charge on any atom is -0.490 e. The van der Waals surface area contributed by atoms with E-state index in [0.717, 1.165) is 32.6 Å². The third-order valence-electron chi connectivity index (χ3n) is 7.74. The molecule has 2 aliphatic rings. The minimum absolute atomic E-state index is 0.276. The number of benzene rings is 4. The first-order valence-electron chi connectivity index (χ1n) is 14.0. The molecule has 208 valence electrons. The molecule has 1 aliphatic heterocycles. The van der Waals surface area contributed by atoms with Gasteiger partial charge in [0.25, 0.3) is 0 Å². The molecule has 6 heteroatoms. The van der Waals surface area contributed by atoms with Gasteiger partial charge in [0.1, 0.15) is 6.61 Å². The van der Waals surface area contributed by atoms with Gasteiger partial charge in [0.05, 0.1) is 21.9 Å². The van der Waals surface area contributed by atoms with E-state index < -0.39 is 0 Å². The number of aryl methyl sites for hydroxylation is 1. The summed E-state index contributed by atoms with van der Waals surface area (Å²) in [5, 5.41) is 4.53. The minimum atomic E-state index is 0.276. The maximum atomic E-state index is 6.16. The van der Waals surface area contributed by atoms with Crippen molar-refractivity contribution in [1.29, 1.82) is 0 Å². The van der Waals surface area contributed by atoms with Crippen LogP contribution in [0.4, 0.5) is 11.4 Å². The smallest absolute Gasteiger partial charge is 0.175 e. The molecule has 1 N–H and O–H groups in total. The van der Waals surface area contributed by atoms with Gasteiger partial charge in [-0.2, -0.15) is 0 Å². The summed E-state index contributed by atoms with van der Waals surface area (Å²) in [4.78, 5) is 4.78. The van der Waals surface area contributed by atoms with Crippen molar-refractivity contribution in [3.05, 3.63) is 127 Å². The predicted octanol–water partition coefficient (Wildman–Crippen LogP) is 9.81. The highest BCUT2D eigenvalue weighted by atomic mass is 127. The van der Waals surface area contributed by atoms with Crippen LogP contribution in [0.2, 0.25) is 5.02 Å². The van der Waals surface area contributed by atoms with E-state index in [9.17, 15) is 0 Å². The maximum absolute atomic E-state index is 6.16. The standard InChI is InChI=1S/C35H32ClIN2O2/c1-3-40-33-19-24(18-31(37)35(33)41-21-23-6-4-7-26(36)17-23)20-38-27-13-11-25(12-14-27)34-29-9-5-8-28(29)30-16-22(2)10-15-32(30)39-34/h4-8,10-20,28-29,34,39H,3,9,21H2,1-2H3/t28-,29-,34-/m0/s1. The number of hydrogen-bond acceptors (Lipinski definition) is 4. The van der Waals surface area contributed by atoms with Gasteiger partial charge < -0.3 is 14.8 Å². The fourth-order valence-corrected chi connectivity index (χ4v) is 6.80. The third-order valence-corrected chi connectivity index (χ3v) is 8.77. The first kappa shape index (κ1) is 27.9. The molecule has 0 amide bonds. The van der Waals surface area contributed by atoms with Gasteiger partial charge in [0.2, 0.25) is 0 Å². The molecule has 1 aliphatic carbocycles. The lowest BCUT2D eigenvalue weighted by molar-refractivity contribution is 0.267. The molecule has 0 spiro atoms. The Bertz CT molecular complexity index is 1620. The van der Waals surface area contributed by atoms with Crippen LogP contribution in [-0.2, 0) is 6.61 Å². The highest BCUT2D eigenvalue weighted by Gasteiger charge is 2.37. The van der Waals surface area contributed by atoms with Crippen LogP contribution in [0.25, 0.3) is 0 Å². The molecule has 0 saturated carbocycles. The largest absolute Gasteiger partial charge is 0.490 e. The maximum Gasteiger partial charge on any atom is 0.175 e. The molecule has 41 heavy (non-hydrogen) atoms. The number of halogens is 2. The summed E-state index contributed by atoms with van der Waals surface area (Å²) in [7, 11) is 0. The summed E-state index contributed by atoms with van der Waals surface area (Å²) >= 11 is 8.43. The van der Waals surface area contributed by atoms with Crippen LogP contribution in [0.3, 0.4) is 0 Å². The van der Waals surface area contributed by atoms with Crippen LogP contribution < -0.4 is 14.8 Å². The van der Waals surface area contributed by atoms with Crippen molar-refractivity contribution in [2.24, 2.45) is 10.9 Å². The van der Waals surface area contributed by atoms with Crippen LogP contribution in [0.15, 0.2) is 96.0 Å². The van der Waals surface area contributed by atoms with E-state index in [1.165, 1.54) is 22.4 Å². The van der Waals surface area contributed by atoms with Crippen molar-refractivity contribution in [2.75, 3.05) is 11.9 Å². The van der Waals surface area contributed by atoms with Gasteiger partial charge in [-0.1, -0.05) is 65.7 Å². The Balaban J connectivity index is 1.18. The Hall–Kier alpha value is -3.29. The van der Waals surface area contributed by atoms with Crippen LogP contribution in [0, 0.1) is 16.4 Å². The van der Waals surface area contributed by atoms with Gasteiger partial charge >= 0.3 is 0 Å². The molecule has 3 atom stereocenters. The lowest BCUT2D eigenvalue weighted by atomic mass is 9.76. The Kier molecular flexibility index (Phi) is 8.35. The predicted molar refractivity (Wildman–Crippen MR) is 177 cm³/mol. The van der Waals surface area contributed by atoms with Crippen molar-refractivity contribution >= 4 is 51.8 Å². The van der Waals surface area contributed by atoms with Crippen LogP contribution in [0.1, 0.15) is 53.1 Å². The molecule has 0 unspecified atom stereocenters. The number of nitrogens with zero attached hydrogens (tertiary/aromatic N) is 1. The Morgan fingerprint density at radius 3 is 2.68 bits per heavy atom. The Morgan fingerprint density at radius 2 is 1.88 bits per heavy atom. The van der Waals surface area contributed by atoms with Gasteiger partial charge in [0.15, 0.2) is 11.5 Å². The average molecular weight is 675 g/mol. The number of ether oxygens (including phenoxy) is 2. The zero-order chi connectivity index (χ0) is 28.3. The number of allylic oxidation sites excluding steroid dienone is 2. The first-order valence-corrected chi connectivity index (χ1v) is 15.5. The fraction of sp³-hybridized carbons (Fsp3) is 0.229. The molecule has 0 bridgehead atoms. The average Bonchev–Trinajstić information content (AvgIpc) is 3.46. The second-order valence-corrected chi connectivity index (χ2v) is 12.2. The summed E-state index contributed by atoms with van der Waals surface area (Å²) in [5.41, 5.74) is 8.15. The van der Waals surface area contributed by atoms with Gasteiger partial charge in [-0.05, 0) is 113 Å². The molecule has 0 saturated heterocycles. The van der Waals surface area contributed by atoms with Crippen LogP contribution >= 0.6 is 34.2 Å². The number of hydrogen-bond donors (Lipinski definition) is 1. The van der Waals surface area contributed by atoms with Crippen LogP contribution in [0.5, 0.6) is 11.5 Å². The van der Waals surface area contributed by atoms with E-state index in [2.05, 4.69) is 95.5 Å². The molecule has 4 nitrogen and oxygen atoms in total. The SMILES string of the molecule is CCOc1cc(C=Nc2ccc([C@@H]3Nc4ccc(C)cc4[C@H]4C=CC[C@@H]43)cc2)cc(I)c1OCc1cccc(Cl)c1. The highest BCUT2D eigenvalue weighted by molar-refractivity contribution is 14.1. The van der Waals surface area contributed by atoms with E-state index in [1.807, 2.05) is 43.5 Å². The van der Waals surface area contributed by atoms with Crippen molar-refractivity contribution < 1.29 is 9.47 Å². The van der Waals surface area contributed by atoms with E-state index >= 15 is 0 Å². The molecular formula is C35H32ClIN2O2. The van der Waals surface area contributed by atoms with Crippen molar-refractivity contribution in [2.45, 2.75) is 38.8 Å². The fourth-order valence-electron chi connectivity index (χ4n) is 5.81. The molecule has 4 aromatic carbocycles. The molecular weight excluding hydrogens is 643 g/mol. The third kappa shape index (κ3) is 6.16. The normalized spacial score (nSPS) is 19.1. The summed E-state index contributed by atoms with van der Waals surface area (Å²) in [6, 6.07) is 27.4. The van der Waals surface area contributed by atoms with E-state index in [1.54, 1.807) is 0 Å². The van der Waals surface area contributed by atoms with Gasteiger partial charge in [0, 0.05) is 22.8 Å². The van der Waals surface area contributed by atoms with Crippen LogP contribution in [-0.4, -0.2) is 12.8 Å². The molecule has 0 fully saturated rings. The molecule has 0 aromatic heterocycles. The Labute approximate surface area is 260 Å². The Morgan fingerprint density at radius 1 is 1.02 bits per heavy atom. The van der Waals surface area contributed by atoms with Crippen molar-refractivity contribution in [3.8, 4) is 11.5 Å². The second kappa shape index (κ2) is 12.3. The summed E-state index contributed by atoms with van der Waals surface area (Å²) in [5.74, 6) is 2.42. The lowest BCUT2D eigenvalue weighted by Crippen LogP contribution is -2.29. The number of nitrogens with one attached hydrogen (secondary N) is 1. The highest BCUT2D eigenvalue weighted by Crippen LogP contribution is 2.50. The van der Waals surface area contributed by atoms with E-state index in [0.29, 0.717) is 35.8 Å². The van der Waals surface area contributed by atoms with Gasteiger partial charge in [-0.25, -0.2) is 0 Å². The number of anilines is 1. The quantitative estimate of drug-likeness (QED) is 0.115. The molecule has 1 heterocycles. The lowest BCUT2D eigenvalue weighted by Gasteiger charge is -2.37. The molecule has 0 radical (unpaired) electrons. The zero-order valence-electron chi connectivity index (χ0n) is 23.1. The number of fused-ring (bicyclic) bond motifs is 3. The van der Waals surface area contributed by atoms with E-state index in [-0.39, 0.29) is 6.04 Å². The van der Waals surface area contributed by atoms with Gasteiger partial charge in [-0.15, -0.1) is 0 Å². The van der Waals surface area contributed by atoms with Gasteiger partial charge in [-0.3, -0.25) is 4.99 Å². The molecule has 4 aromatic rings. The summed E-state index contributed by atoms with van der Waals surface area (Å²) in [6.07, 6.45) is 7.70. The summed E-state index contributed by atoms with van der Waals surface area (Å²) in [6.45, 7) is 5.10. The summed E-state index contributed by atoms with van der Waals surface area (Å²) < 4.78 is 13.1. The van der Waals surface area contributed by atoms with Crippen molar-refractivity contribution in [3.63, 3.8) is 0 Å². The first-order chi connectivity index (χ1) is 20.0. The number of rotatable bonds is 8. The van der Waals surface area contributed by atoms with Crippen molar-refractivity contribution in [1.82, 2.24) is 0 Å². The molecule has 6 rings (SSSR count). The van der Waals surface area contributed by atoms with E-state index in [4.69, 9.17) is 26.1 Å². The monoisotopic (exact) mass is 674 g/mol. The number of aliphatic imine (C=N–C) groups is 1. The topological polar surface area (TPSA) is 42.8 Å². The zero-order valence-corrected chi connectivity index (χ0v) is 26.0.